The lowest BCUT2D eigenvalue weighted by Crippen LogP contribution is -2.23. The van der Waals surface area contributed by atoms with Gasteiger partial charge in [0.15, 0.2) is 0 Å². The van der Waals surface area contributed by atoms with E-state index in [9.17, 15) is 9.90 Å². The fourth-order valence-corrected chi connectivity index (χ4v) is 2.94. The van der Waals surface area contributed by atoms with Crippen molar-refractivity contribution < 1.29 is 24.1 Å². The molecule has 150 valence electrons. The predicted octanol–water partition coefficient (Wildman–Crippen LogP) is 1.32. The lowest BCUT2D eigenvalue weighted by Gasteiger charge is -2.11. The Balaban J connectivity index is 1.78. The summed E-state index contributed by atoms with van der Waals surface area (Å²) in [5.74, 6) is -0.434. The lowest BCUT2D eigenvalue weighted by atomic mass is 10.1. The van der Waals surface area contributed by atoms with Crippen molar-refractivity contribution in [3.8, 4) is 11.1 Å². The van der Waals surface area contributed by atoms with Crippen LogP contribution < -0.4 is 0 Å². The maximum Gasteiger partial charge on any atom is 0.341 e. The Morgan fingerprint density at radius 2 is 2.14 bits per heavy atom. The molecule has 9 nitrogen and oxygen atoms in total. The lowest BCUT2D eigenvalue weighted by molar-refractivity contribution is 0.00595. The maximum absolute atomic E-state index is 11.9. The van der Waals surface area contributed by atoms with Crippen molar-refractivity contribution >= 4 is 11.5 Å². The topological polar surface area (TPSA) is 100 Å². The number of pyridine rings is 1. The molecule has 0 aromatic carbocycles. The number of aryl methyl sites for hydroxylation is 1. The third-order valence-corrected chi connectivity index (χ3v) is 4.32. The number of ether oxygens (including phenoxy) is 3. The number of carbonyl (C=O) groups excluding carboxylic acids is 1. The highest BCUT2D eigenvalue weighted by atomic mass is 16.5. The van der Waals surface area contributed by atoms with Gasteiger partial charge < -0.3 is 19.3 Å². The van der Waals surface area contributed by atoms with Gasteiger partial charge in [-0.2, -0.15) is 10.2 Å². The zero-order chi connectivity index (χ0) is 20.1. The number of nitrogens with zero attached hydrogens (tertiary/aromatic N) is 4. The first kappa shape index (κ1) is 20.0. The van der Waals surface area contributed by atoms with Crippen LogP contribution in [0.5, 0.6) is 0 Å². The van der Waals surface area contributed by atoms with Gasteiger partial charge in [-0.1, -0.05) is 0 Å². The van der Waals surface area contributed by atoms with E-state index in [-0.39, 0.29) is 6.61 Å². The molecule has 0 bridgehead atoms. The fourth-order valence-electron chi connectivity index (χ4n) is 2.94. The van der Waals surface area contributed by atoms with Crippen LogP contribution in [-0.2, 0) is 20.8 Å². The fraction of sp³-hybridized carbons (Fsp3) is 0.421. The van der Waals surface area contributed by atoms with Crippen LogP contribution >= 0.6 is 0 Å². The molecule has 0 fully saturated rings. The molecule has 0 saturated heterocycles. The van der Waals surface area contributed by atoms with Crippen LogP contribution in [0, 0.1) is 6.92 Å². The summed E-state index contributed by atoms with van der Waals surface area (Å²) in [6.07, 6.45) is 4.47. The minimum Gasteiger partial charge on any atom is -0.465 e. The molecular formula is C19H24N4O5. The molecular weight excluding hydrogens is 364 g/mol. The molecule has 1 N–H and O–H groups in total. The number of hydrogen-bond acceptors (Lipinski definition) is 7. The van der Waals surface area contributed by atoms with Gasteiger partial charge in [0.25, 0.3) is 0 Å². The molecule has 0 saturated carbocycles. The summed E-state index contributed by atoms with van der Waals surface area (Å²) >= 11 is 0. The first-order valence-electron chi connectivity index (χ1n) is 8.88. The Bertz CT molecular complexity index is 949. The standard InChI is InChI=1S/C19H24N4O5/c1-13-17(11-22(21-13)10-15(24)12-28-7-6-26-2)14-4-5-23-18(8-14)16(9-20-23)19(25)27-3/h4-5,8-9,11,15,24H,6-7,10,12H2,1-3H3/t15-/m0/s1. The van der Waals surface area contributed by atoms with Crippen LogP contribution in [0.25, 0.3) is 16.6 Å². The summed E-state index contributed by atoms with van der Waals surface area (Å²) in [6, 6.07) is 3.78. The summed E-state index contributed by atoms with van der Waals surface area (Å²) in [7, 11) is 2.94. The van der Waals surface area contributed by atoms with Crippen molar-refractivity contribution in [2.45, 2.75) is 19.6 Å². The number of hydrogen-bond donors (Lipinski definition) is 1. The van der Waals surface area contributed by atoms with Gasteiger partial charge in [0.2, 0.25) is 0 Å². The smallest absolute Gasteiger partial charge is 0.341 e. The third kappa shape index (κ3) is 4.38. The average molecular weight is 388 g/mol. The van der Waals surface area contributed by atoms with Gasteiger partial charge in [-0.15, -0.1) is 0 Å². The monoisotopic (exact) mass is 388 g/mol. The first-order chi connectivity index (χ1) is 13.5. The van der Waals surface area contributed by atoms with Gasteiger partial charge in [0.05, 0.1) is 57.0 Å². The number of aliphatic hydroxyl groups excluding tert-OH is 1. The highest BCUT2D eigenvalue weighted by Gasteiger charge is 2.16. The number of aromatic nitrogens is 4. The molecule has 0 unspecified atom stereocenters. The van der Waals surface area contributed by atoms with E-state index in [1.165, 1.54) is 13.3 Å². The van der Waals surface area contributed by atoms with Gasteiger partial charge >= 0.3 is 5.97 Å². The summed E-state index contributed by atoms with van der Waals surface area (Å²) in [6.45, 7) is 3.35. The van der Waals surface area contributed by atoms with Crippen molar-refractivity contribution in [1.82, 2.24) is 19.4 Å². The molecule has 3 aromatic heterocycles. The van der Waals surface area contributed by atoms with Crippen LogP contribution in [0.2, 0.25) is 0 Å². The Labute approximate surface area is 162 Å². The molecule has 0 aliphatic heterocycles. The van der Waals surface area contributed by atoms with Gasteiger partial charge in [0.1, 0.15) is 5.56 Å². The second kappa shape index (κ2) is 8.96. The number of carbonyl (C=O) groups is 1. The van der Waals surface area contributed by atoms with Crippen LogP contribution in [0.3, 0.4) is 0 Å². The van der Waals surface area contributed by atoms with E-state index < -0.39 is 12.1 Å². The number of esters is 1. The second-order valence-electron chi connectivity index (χ2n) is 6.37. The number of rotatable bonds is 9. The normalized spacial score (nSPS) is 12.4. The van der Waals surface area contributed by atoms with Crippen molar-refractivity contribution in [3.63, 3.8) is 0 Å². The van der Waals surface area contributed by atoms with Gasteiger partial charge in [-0.3, -0.25) is 4.68 Å². The largest absolute Gasteiger partial charge is 0.465 e. The Morgan fingerprint density at radius 3 is 2.89 bits per heavy atom. The molecule has 0 aliphatic carbocycles. The molecule has 0 spiro atoms. The molecule has 1 atom stereocenters. The quantitative estimate of drug-likeness (QED) is 0.436. The van der Waals surface area contributed by atoms with Crippen LogP contribution in [0.4, 0.5) is 0 Å². The zero-order valence-corrected chi connectivity index (χ0v) is 16.2. The summed E-state index contributed by atoms with van der Waals surface area (Å²) in [5, 5.41) is 18.8. The molecule has 0 aliphatic rings. The Morgan fingerprint density at radius 1 is 1.32 bits per heavy atom. The van der Waals surface area contributed by atoms with Crippen molar-refractivity contribution in [2.24, 2.45) is 0 Å². The summed E-state index contributed by atoms with van der Waals surface area (Å²) < 4.78 is 18.4. The second-order valence-corrected chi connectivity index (χ2v) is 6.37. The van der Waals surface area contributed by atoms with Crippen LogP contribution in [0.1, 0.15) is 16.1 Å². The summed E-state index contributed by atoms with van der Waals surface area (Å²) in [4.78, 5) is 11.9. The molecule has 3 aromatic rings. The van der Waals surface area contributed by atoms with Crippen molar-refractivity contribution in [1.29, 1.82) is 0 Å². The van der Waals surface area contributed by atoms with E-state index >= 15 is 0 Å². The van der Waals surface area contributed by atoms with E-state index in [0.717, 1.165) is 16.8 Å². The van der Waals surface area contributed by atoms with E-state index in [0.29, 0.717) is 30.8 Å². The van der Waals surface area contributed by atoms with E-state index in [1.807, 2.05) is 25.3 Å². The first-order valence-corrected chi connectivity index (χ1v) is 8.88. The van der Waals surface area contributed by atoms with E-state index in [2.05, 4.69) is 10.2 Å². The van der Waals surface area contributed by atoms with Gasteiger partial charge in [-0.25, -0.2) is 9.31 Å². The highest BCUT2D eigenvalue weighted by Crippen LogP contribution is 2.25. The number of methoxy groups -OCH3 is 2. The number of fused-ring (bicyclic) bond motifs is 1. The van der Waals surface area contributed by atoms with E-state index in [1.54, 1.807) is 22.5 Å². The molecule has 3 rings (SSSR count). The molecule has 9 heteroatoms. The molecule has 0 amide bonds. The average Bonchev–Trinajstić information content (AvgIpc) is 3.27. The van der Waals surface area contributed by atoms with E-state index in [4.69, 9.17) is 14.2 Å². The molecule has 28 heavy (non-hydrogen) atoms. The van der Waals surface area contributed by atoms with Crippen molar-refractivity contribution in [2.75, 3.05) is 34.0 Å². The number of aliphatic hydroxyl groups is 1. The highest BCUT2D eigenvalue weighted by molar-refractivity contribution is 5.97. The van der Waals surface area contributed by atoms with Crippen LogP contribution in [0.15, 0.2) is 30.7 Å². The maximum atomic E-state index is 11.9. The summed E-state index contributed by atoms with van der Waals surface area (Å²) in [5.41, 5.74) is 3.68. The van der Waals surface area contributed by atoms with Gasteiger partial charge in [0, 0.05) is 25.1 Å². The Kier molecular flexibility index (Phi) is 6.40. The molecule has 0 radical (unpaired) electrons. The SMILES string of the molecule is COCCOC[C@@H](O)Cn1cc(-c2ccn3ncc(C(=O)OC)c3c2)c(C)n1. The van der Waals surface area contributed by atoms with Crippen molar-refractivity contribution in [3.05, 3.63) is 42.0 Å². The third-order valence-electron chi connectivity index (χ3n) is 4.32. The predicted molar refractivity (Wildman–Crippen MR) is 101 cm³/mol. The zero-order valence-electron chi connectivity index (χ0n) is 16.2. The van der Waals surface area contributed by atoms with Gasteiger partial charge in [-0.05, 0) is 24.6 Å². The Hall–Kier alpha value is -2.75. The minimum absolute atomic E-state index is 0.210. The molecule has 3 heterocycles. The minimum atomic E-state index is -0.674. The van der Waals surface area contributed by atoms with Crippen LogP contribution in [-0.4, -0.2) is 70.6 Å².